The van der Waals surface area contributed by atoms with E-state index in [0.29, 0.717) is 12.6 Å². The van der Waals surface area contributed by atoms with Crippen molar-refractivity contribution < 1.29 is 4.39 Å². The standard InChI is InChI=1S/C16H21FN2S/c1-19(11-5-2-3-6-11)10-12-15(9-18)20-14-8-4-7-13(17)16(12)14/h4,7-8,11H,2-3,5-6,9-10,18H2,1H3. The predicted octanol–water partition coefficient (Wildman–Crippen LogP) is 3.87. The van der Waals surface area contributed by atoms with Crippen molar-refractivity contribution in [2.24, 2.45) is 5.73 Å². The van der Waals surface area contributed by atoms with E-state index in [1.807, 2.05) is 6.07 Å². The van der Waals surface area contributed by atoms with E-state index < -0.39 is 0 Å². The Hall–Kier alpha value is -0.970. The van der Waals surface area contributed by atoms with Gasteiger partial charge in [0.25, 0.3) is 0 Å². The molecule has 0 amide bonds. The summed E-state index contributed by atoms with van der Waals surface area (Å²) in [5.41, 5.74) is 6.96. The molecular weight excluding hydrogens is 271 g/mol. The van der Waals surface area contributed by atoms with Gasteiger partial charge in [-0.05, 0) is 37.6 Å². The van der Waals surface area contributed by atoms with Crippen molar-refractivity contribution in [2.75, 3.05) is 7.05 Å². The number of nitrogens with two attached hydrogens (primary N) is 1. The zero-order valence-corrected chi connectivity index (χ0v) is 12.7. The van der Waals surface area contributed by atoms with Gasteiger partial charge in [0.2, 0.25) is 0 Å². The summed E-state index contributed by atoms with van der Waals surface area (Å²) in [4.78, 5) is 3.50. The van der Waals surface area contributed by atoms with Gasteiger partial charge in [-0.2, -0.15) is 0 Å². The molecule has 1 aliphatic carbocycles. The lowest BCUT2D eigenvalue weighted by Gasteiger charge is -2.24. The van der Waals surface area contributed by atoms with Gasteiger partial charge < -0.3 is 5.73 Å². The van der Waals surface area contributed by atoms with Crippen molar-refractivity contribution in [3.05, 3.63) is 34.5 Å². The first-order valence-electron chi connectivity index (χ1n) is 7.29. The van der Waals surface area contributed by atoms with Crippen LogP contribution in [0.15, 0.2) is 18.2 Å². The molecule has 1 aliphatic rings. The average molecular weight is 292 g/mol. The molecule has 0 aliphatic heterocycles. The van der Waals surface area contributed by atoms with Crippen LogP contribution in [0.3, 0.4) is 0 Å². The fourth-order valence-corrected chi connectivity index (χ4v) is 4.38. The fraction of sp³-hybridized carbons (Fsp3) is 0.500. The SMILES string of the molecule is CN(Cc1c(CN)sc2cccc(F)c12)C1CCCC1. The first-order valence-corrected chi connectivity index (χ1v) is 8.11. The smallest absolute Gasteiger partial charge is 0.132 e. The number of fused-ring (bicyclic) bond motifs is 1. The maximum absolute atomic E-state index is 14.2. The van der Waals surface area contributed by atoms with E-state index in [4.69, 9.17) is 5.73 Å². The summed E-state index contributed by atoms with van der Waals surface area (Å²) >= 11 is 1.63. The molecule has 0 unspecified atom stereocenters. The minimum atomic E-state index is -0.117. The lowest BCUT2D eigenvalue weighted by Crippen LogP contribution is -2.28. The van der Waals surface area contributed by atoms with Crippen LogP contribution in [0.25, 0.3) is 10.1 Å². The molecule has 2 aromatic rings. The molecule has 1 aromatic heterocycles. The van der Waals surface area contributed by atoms with Gasteiger partial charge in [-0.15, -0.1) is 11.3 Å². The van der Waals surface area contributed by atoms with E-state index in [-0.39, 0.29) is 5.82 Å². The maximum Gasteiger partial charge on any atom is 0.132 e. The molecule has 0 saturated heterocycles. The van der Waals surface area contributed by atoms with Gasteiger partial charge in [-0.1, -0.05) is 18.9 Å². The molecule has 1 heterocycles. The number of thiophene rings is 1. The van der Waals surface area contributed by atoms with Crippen LogP contribution in [-0.2, 0) is 13.1 Å². The van der Waals surface area contributed by atoms with E-state index in [9.17, 15) is 4.39 Å². The van der Waals surface area contributed by atoms with Crippen molar-refractivity contribution in [1.82, 2.24) is 4.90 Å². The highest BCUT2D eigenvalue weighted by molar-refractivity contribution is 7.19. The molecule has 0 radical (unpaired) electrons. The molecule has 0 spiro atoms. The van der Waals surface area contributed by atoms with Gasteiger partial charge >= 0.3 is 0 Å². The van der Waals surface area contributed by atoms with E-state index in [1.54, 1.807) is 23.5 Å². The van der Waals surface area contributed by atoms with Crippen LogP contribution < -0.4 is 5.73 Å². The second-order valence-electron chi connectivity index (χ2n) is 5.67. The highest BCUT2D eigenvalue weighted by Gasteiger charge is 2.22. The number of rotatable bonds is 4. The summed E-state index contributed by atoms with van der Waals surface area (Å²) in [6.07, 6.45) is 5.16. The Morgan fingerprint density at radius 2 is 2.10 bits per heavy atom. The van der Waals surface area contributed by atoms with E-state index >= 15 is 0 Å². The molecular formula is C16H21FN2S. The minimum Gasteiger partial charge on any atom is -0.326 e. The van der Waals surface area contributed by atoms with Crippen LogP contribution >= 0.6 is 11.3 Å². The van der Waals surface area contributed by atoms with E-state index in [0.717, 1.165) is 27.1 Å². The highest BCUT2D eigenvalue weighted by Crippen LogP contribution is 2.35. The summed E-state index contributed by atoms with van der Waals surface area (Å²) in [5, 5.41) is 0.780. The zero-order chi connectivity index (χ0) is 14.1. The van der Waals surface area contributed by atoms with Gasteiger partial charge in [-0.25, -0.2) is 4.39 Å². The zero-order valence-electron chi connectivity index (χ0n) is 11.9. The first-order chi connectivity index (χ1) is 9.70. The summed E-state index contributed by atoms with van der Waals surface area (Å²) in [7, 11) is 2.15. The normalized spacial score (nSPS) is 16.6. The molecule has 20 heavy (non-hydrogen) atoms. The molecule has 2 N–H and O–H groups in total. The average Bonchev–Trinajstić information content (AvgIpc) is 3.07. The third kappa shape index (κ3) is 2.48. The van der Waals surface area contributed by atoms with Crippen LogP contribution in [0, 0.1) is 5.82 Å². The molecule has 1 saturated carbocycles. The number of hydrogen-bond donors (Lipinski definition) is 1. The fourth-order valence-electron chi connectivity index (χ4n) is 3.27. The van der Waals surface area contributed by atoms with Crippen LogP contribution in [-0.4, -0.2) is 18.0 Å². The van der Waals surface area contributed by atoms with Gasteiger partial charge in [0.05, 0.1) is 0 Å². The number of nitrogens with zero attached hydrogens (tertiary/aromatic N) is 1. The van der Waals surface area contributed by atoms with Gasteiger partial charge in [0.15, 0.2) is 0 Å². The summed E-state index contributed by atoms with van der Waals surface area (Å²) in [5.74, 6) is -0.117. The summed E-state index contributed by atoms with van der Waals surface area (Å²) in [6.45, 7) is 1.30. The van der Waals surface area contributed by atoms with Crippen LogP contribution in [0.5, 0.6) is 0 Å². The third-order valence-electron chi connectivity index (χ3n) is 4.39. The molecule has 4 heteroatoms. The van der Waals surface area contributed by atoms with Crippen molar-refractivity contribution in [1.29, 1.82) is 0 Å². The maximum atomic E-state index is 14.2. The lowest BCUT2D eigenvalue weighted by atomic mass is 10.1. The monoisotopic (exact) mass is 292 g/mol. The van der Waals surface area contributed by atoms with Gasteiger partial charge in [0.1, 0.15) is 5.82 Å². The molecule has 3 rings (SSSR count). The van der Waals surface area contributed by atoms with Crippen molar-refractivity contribution in [3.63, 3.8) is 0 Å². The molecule has 2 nitrogen and oxygen atoms in total. The first kappa shape index (κ1) is 14.0. The molecule has 1 fully saturated rings. The molecule has 0 bridgehead atoms. The molecule has 108 valence electrons. The van der Waals surface area contributed by atoms with Crippen LogP contribution in [0.2, 0.25) is 0 Å². The van der Waals surface area contributed by atoms with Crippen LogP contribution in [0.4, 0.5) is 4.39 Å². The van der Waals surface area contributed by atoms with Gasteiger partial charge in [-0.3, -0.25) is 4.90 Å². The van der Waals surface area contributed by atoms with Gasteiger partial charge in [0, 0.05) is 34.1 Å². The summed E-state index contributed by atoms with van der Waals surface area (Å²) < 4.78 is 15.2. The quantitative estimate of drug-likeness (QED) is 0.927. The topological polar surface area (TPSA) is 29.3 Å². The van der Waals surface area contributed by atoms with E-state index in [1.165, 1.54) is 25.7 Å². The van der Waals surface area contributed by atoms with E-state index in [2.05, 4.69) is 11.9 Å². The van der Waals surface area contributed by atoms with Crippen molar-refractivity contribution in [2.45, 2.75) is 44.8 Å². The lowest BCUT2D eigenvalue weighted by molar-refractivity contribution is 0.238. The highest BCUT2D eigenvalue weighted by atomic mass is 32.1. The second-order valence-corrected chi connectivity index (χ2v) is 6.81. The minimum absolute atomic E-state index is 0.117. The van der Waals surface area contributed by atoms with Crippen molar-refractivity contribution >= 4 is 21.4 Å². The predicted molar refractivity (Wildman–Crippen MR) is 83.4 cm³/mol. The second kappa shape index (κ2) is 5.80. The van der Waals surface area contributed by atoms with Crippen molar-refractivity contribution in [3.8, 4) is 0 Å². The number of hydrogen-bond acceptors (Lipinski definition) is 3. The Morgan fingerprint density at radius 1 is 1.35 bits per heavy atom. The Balaban J connectivity index is 1.96. The third-order valence-corrected chi connectivity index (χ3v) is 5.61. The molecule has 0 atom stereocenters. The Bertz CT molecular complexity index is 602. The molecule has 1 aromatic carbocycles. The Labute approximate surface area is 123 Å². The van der Waals surface area contributed by atoms with Crippen LogP contribution in [0.1, 0.15) is 36.1 Å². The Kier molecular flexibility index (Phi) is 4.06. The number of halogens is 1. The Morgan fingerprint density at radius 3 is 2.80 bits per heavy atom. The largest absolute Gasteiger partial charge is 0.326 e. The summed E-state index contributed by atoms with van der Waals surface area (Å²) in [6, 6.07) is 5.96. The number of benzene rings is 1.